The van der Waals surface area contributed by atoms with Gasteiger partial charge in [-0.3, -0.25) is 0 Å². The molecule has 9 nitrogen and oxygen atoms in total. The van der Waals surface area contributed by atoms with E-state index >= 15 is 0 Å². The number of H-pyrrole nitrogens is 1. The third-order valence-electron chi connectivity index (χ3n) is 4.78. The van der Waals surface area contributed by atoms with Crippen LogP contribution in [0.2, 0.25) is 5.02 Å². The van der Waals surface area contributed by atoms with Crippen molar-refractivity contribution < 1.29 is 29.7 Å². The predicted molar refractivity (Wildman–Crippen MR) is 93.7 cm³/mol. The molecule has 5 atom stereocenters. The smallest absolute Gasteiger partial charge is 0.203 e. The SMILES string of the molecule is O/N=c1\nc[nH]c2c1ccn2[C@@H]1O[C@H]([C@H](O)c2ccc(Cl)c(F)c2)[C@@H](O)[C@H]1O. The molecule has 1 fully saturated rings. The van der Waals surface area contributed by atoms with Gasteiger partial charge in [-0.25, -0.2) is 9.37 Å². The molecule has 0 unspecified atom stereocenters. The molecule has 1 aliphatic heterocycles. The number of nitrogens with zero attached hydrogens (tertiary/aromatic N) is 3. The molecule has 28 heavy (non-hydrogen) atoms. The zero-order chi connectivity index (χ0) is 20.0. The lowest BCUT2D eigenvalue weighted by molar-refractivity contribution is -0.0849. The molecule has 3 aromatic rings. The summed E-state index contributed by atoms with van der Waals surface area (Å²) in [6.07, 6.45) is -3.67. The quantitative estimate of drug-likeness (QED) is 0.320. The van der Waals surface area contributed by atoms with E-state index in [0.29, 0.717) is 11.0 Å². The highest BCUT2D eigenvalue weighted by Crippen LogP contribution is 2.37. The van der Waals surface area contributed by atoms with Gasteiger partial charge in [-0.15, -0.1) is 0 Å². The average molecular weight is 411 g/mol. The van der Waals surface area contributed by atoms with Crippen LogP contribution in [0.3, 0.4) is 0 Å². The van der Waals surface area contributed by atoms with Crippen molar-refractivity contribution in [3.63, 3.8) is 0 Å². The summed E-state index contributed by atoms with van der Waals surface area (Å²) >= 11 is 5.65. The zero-order valence-electron chi connectivity index (χ0n) is 14.1. The number of aliphatic hydroxyl groups is 3. The van der Waals surface area contributed by atoms with Crippen LogP contribution in [-0.2, 0) is 4.74 Å². The molecule has 11 heteroatoms. The van der Waals surface area contributed by atoms with E-state index in [-0.39, 0.29) is 16.1 Å². The van der Waals surface area contributed by atoms with Crippen LogP contribution in [0.15, 0.2) is 41.9 Å². The monoisotopic (exact) mass is 410 g/mol. The standard InChI is InChI=1S/C17H16ClFN4O5/c18-9-2-1-7(5-10(9)19)11(24)14-12(25)13(26)17(28-14)23-4-3-8-15(22-27)20-6-21-16(8)23/h1-6,11-14,17,24-27H,(H,20,21,22)/t11-,12+,13-,14-,17-/m1/s1. The number of aromatic amines is 1. The molecule has 0 aliphatic carbocycles. The minimum atomic E-state index is -1.44. The first-order chi connectivity index (χ1) is 13.4. The molecule has 5 N–H and O–H groups in total. The van der Waals surface area contributed by atoms with Crippen molar-refractivity contribution >= 4 is 22.6 Å². The van der Waals surface area contributed by atoms with Crippen LogP contribution >= 0.6 is 11.6 Å². The summed E-state index contributed by atoms with van der Waals surface area (Å²) in [6.45, 7) is 0. The summed E-state index contributed by atoms with van der Waals surface area (Å²) < 4.78 is 20.9. The first-order valence-electron chi connectivity index (χ1n) is 8.29. The van der Waals surface area contributed by atoms with Gasteiger partial charge in [0.05, 0.1) is 16.7 Å². The molecule has 0 radical (unpaired) electrons. The van der Waals surface area contributed by atoms with Gasteiger partial charge in [-0.1, -0.05) is 22.8 Å². The Hall–Kier alpha value is -2.50. The minimum Gasteiger partial charge on any atom is -0.409 e. The molecule has 0 spiro atoms. The molecule has 4 rings (SSSR count). The van der Waals surface area contributed by atoms with Crippen LogP contribution in [0, 0.1) is 5.82 Å². The molecule has 0 saturated carbocycles. The second kappa shape index (κ2) is 7.15. The van der Waals surface area contributed by atoms with Crippen molar-refractivity contribution in [3.8, 4) is 0 Å². The second-order valence-electron chi connectivity index (χ2n) is 6.40. The van der Waals surface area contributed by atoms with Crippen LogP contribution in [-0.4, -0.2) is 53.4 Å². The molecule has 2 aromatic heterocycles. The number of aliphatic hydroxyl groups excluding tert-OH is 3. The second-order valence-corrected chi connectivity index (χ2v) is 6.81. The maximum atomic E-state index is 13.7. The van der Waals surface area contributed by atoms with E-state index in [1.54, 1.807) is 12.3 Å². The van der Waals surface area contributed by atoms with Crippen LogP contribution in [0.5, 0.6) is 0 Å². The van der Waals surface area contributed by atoms with Crippen molar-refractivity contribution in [1.82, 2.24) is 14.5 Å². The molecule has 0 amide bonds. The maximum Gasteiger partial charge on any atom is 0.203 e. The first kappa shape index (κ1) is 18.8. The molecule has 1 aliphatic rings. The molecule has 1 aromatic carbocycles. The molecule has 3 heterocycles. The number of fused-ring (bicyclic) bond motifs is 1. The highest BCUT2D eigenvalue weighted by Gasteiger charge is 2.47. The molecule has 1 saturated heterocycles. The zero-order valence-corrected chi connectivity index (χ0v) is 14.9. The maximum absolute atomic E-state index is 13.7. The van der Waals surface area contributed by atoms with Crippen LogP contribution in [0.1, 0.15) is 17.9 Å². The van der Waals surface area contributed by atoms with Crippen molar-refractivity contribution in [2.24, 2.45) is 5.16 Å². The number of benzene rings is 1. The first-order valence-corrected chi connectivity index (χ1v) is 8.67. The lowest BCUT2D eigenvalue weighted by Crippen LogP contribution is -2.34. The number of rotatable bonds is 3. The number of ether oxygens (including phenoxy) is 1. The fourth-order valence-corrected chi connectivity index (χ4v) is 3.48. The predicted octanol–water partition coefficient (Wildman–Crippen LogP) is 0.800. The van der Waals surface area contributed by atoms with Gasteiger partial charge in [0.1, 0.15) is 35.9 Å². The number of hydrogen-bond acceptors (Lipinski definition) is 7. The number of hydrogen-bond donors (Lipinski definition) is 5. The van der Waals surface area contributed by atoms with Crippen LogP contribution < -0.4 is 5.49 Å². The summed E-state index contributed by atoms with van der Waals surface area (Å²) in [5.74, 6) is -0.721. The van der Waals surface area contributed by atoms with Crippen LogP contribution in [0.4, 0.5) is 4.39 Å². The minimum absolute atomic E-state index is 0.0637. The molecular weight excluding hydrogens is 395 g/mol. The van der Waals surface area contributed by atoms with Gasteiger partial charge in [0.2, 0.25) is 5.49 Å². The summed E-state index contributed by atoms with van der Waals surface area (Å²) in [6, 6.07) is 5.33. The van der Waals surface area contributed by atoms with Crippen LogP contribution in [0.25, 0.3) is 11.0 Å². The van der Waals surface area contributed by atoms with E-state index in [0.717, 1.165) is 6.07 Å². The Morgan fingerprint density at radius 3 is 2.79 bits per heavy atom. The Balaban J connectivity index is 1.67. The molecule has 0 bridgehead atoms. The number of nitrogens with one attached hydrogen (secondary N) is 1. The summed E-state index contributed by atoms with van der Waals surface area (Å²) in [7, 11) is 0. The number of aromatic nitrogens is 3. The average Bonchev–Trinajstić information content (AvgIpc) is 3.25. The fraction of sp³-hybridized carbons (Fsp3) is 0.294. The Bertz CT molecular complexity index is 1090. The van der Waals surface area contributed by atoms with Gasteiger partial charge >= 0.3 is 0 Å². The Morgan fingerprint density at radius 1 is 1.29 bits per heavy atom. The highest BCUT2D eigenvalue weighted by molar-refractivity contribution is 6.30. The third kappa shape index (κ3) is 2.95. The largest absolute Gasteiger partial charge is 0.409 e. The summed E-state index contributed by atoms with van der Waals surface area (Å²) in [5.41, 5.74) is 0.633. The fourth-order valence-electron chi connectivity index (χ4n) is 3.36. The van der Waals surface area contributed by atoms with Gasteiger partial charge in [0, 0.05) is 6.20 Å². The topological polar surface area (TPSA) is 136 Å². The van der Waals surface area contributed by atoms with Gasteiger partial charge in [0.25, 0.3) is 0 Å². The van der Waals surface area contributed by atoms with E-state index < -0.39 is 36.5 Å². The van der Waals surface area contributed by atoms with Gasteiger partial charge < -0.3 is 34.8 Å². The third-order valence-corrected chi connectivity index (χ3v) is 5.09. The van der Waals surface area contributed by atoms with Crippen molar-refractivity contribution in [1.29, 1.82) is 0 Å². The highest BCUT2D eigenvalue weighted by atomic mass is 35.5. The lowest BCUT2D eigenvalue weighted by atomic mass is 9.99. The van der Waals surface area contributed by atoms with Crippen molar-refractivity contribution in [3.05, 3.63) is 58.7 Å². The molecular formula is C17H16ClFN4O5. The van der Waals surface area contributed by atoms with Gasteiger partial charge in [-0.2, -0.15) is 0 Å². The molecule has 148 valence electrons. The van der Waals surface area contributed by atoms with Crippen molar-refractivity contribution in [2.45, 2.75) is 30.6 Å². The van der Waals surface area contributed by atoms with E-state index in [1.807, 2.05) is 0 Å². The van der Waals surface area contributed by atoms with Crippen molar-refractivity contribution in [2.75, 3.05) is 0 Å². The number of halogens is 2. The summed E-state index contributed by atoms with van der Waals surface area (Å²) in [5, 5.41) is 43.9. The van der Waals surface area contributed by atoms with Gasteiger partial charge in [-0.05, 0) is 23.8 Å². The summed E-state index contributed by atoms with van der Waals surface area (Å²) in [4.78, 5) is 6.73. The Labute approximate surface area is 161 Å². The lowest BCUT2D eigenvalue weighted by Gasteiger charge is -2.21. The van der Waals surface area contributed by atoms with E-state index in [1.165, 1.54) is 23.0 Å². The Morgan fingerprint density at radius 2 is 2.07 bits per heavy atom. The Kier molecular flexibility index (Phi) is 4.81. The van der Waals surface area contributed by atoms with E-state index in [4.69, 9.17) is 21.5 Å². The van der Waals surface area contributed by atoms with Gasteiger partial charge in [0.15, 0.2) is 6.23 Å². The van der Waals surface area contributed by atoms with E-state index in [2.05, 4.69) is 15.1 Å². The van der Waals surface area contributed by atoms with E-state index in [9.17, 15) is 19.7 Å². The normalized spacial score (nSPS) is 26.8.